The average molecular weight is 360 g/mol. The van der Waals surface area contributed by atoms with Gasteiger partial charge < -0.3 is 9.47 Å². The maximum atomic E-state index is 12.8. The SMILES string of the molecule is CSCc1nc2ccccc2n1CC(=O)N(C)[C@H](C)c1cccs1. The van der Waals surface area contributed by atoms with Crippen LogP contribution in [0.25, 0.3) is 11.0 Å². The fourth-order valence-corrected chi connectivity index (χ4v) is 4.03. The van der Waals surface area contributed by atoms with E-state index in [1.807, 2.05) is 52.2 Å². The molecular weight excluding hydrogens is 338 g/mol. The van der Waals surface area contributed by atoms with E-state index in [2.05, 4.69) is 24.2 Å². The highest BCUT2D eigenvalue weighted by atomic mass is 32.2. The summed E-state index contributed by atoms with van der Waals surface area (Å²) >= 11 is 3.40. The zero-order valence-electron chi connectivity index (χ0n) is 14.1. The molecule has 0 fully saturated rings. The second-order valence-corrected chi connectivity index (χ2v) is 7.58. The third-order valence-electron chi connectivity index (χ3n) is 4.23. The standard InChI is InChI=1S/C18H21N3OS2/c1-13(16-9-6-10-24-16)20(2)18(22)11-21-15-8-5-4-7-14(15)19-17(21)12-23-3/h4-10,13H,11-12H2,1-3H3/t13-/m1/s1. The van der Waals surface area contributed by atoms with Crippen molar-refractivity contribution < 1.29 is 4.79 Å². The van der Waals surface area contributed by atoms with Gasteiger partial charge in [0.1, 0.15) is 12.4 Å². The van der Waals surface area contributed by atoms with E-state index in [1.54, 1.807) is 23.1 Å². The summed E-state index contributed by atoms with van der Waals surface area (Å²) in [7, 11) is 1.88. The van der Waals surface area contributed by atoms with Crippen LogP contribution in [-0.4, -0.2) is 33.7 Å². The number of hydrogen-bond acceptors (Lipinski definition) is 4. The van der Waals surface area contributed by atoms with Gasteiger partial charge in [-0.05, 0) is 36.8 Å². The van der Waals surface area contributed by atoms with E-state index in [-0.39, 0.29) is 11.9 Å². The first-order valence-electron chi connectivity index (χ1n) is 7.84. The van der Waals surface area contributed by atoms with Gasteiger partial charge in [0.15, 0.2) is 0 Å². The normalized spacial score (nSPS) is 12.5. The summed E-state index contributed by atoms with van der Waals surface area (Å²) in [6, 6.07) is 12.2. The van der Waals surface area contributed by atoms with Crippen molar-refractivity contribution in [1.82, 2.24) is 14.5 Å². The molecular formula is C18H21N3OS2. The maximum Gasteiger partial charge on any atom is 0.242 e. The molecule has 0 radical (unpaired) electrons. The molecule has 6 heteroatoms. The van der Waals surface area contributed by atoms with Crippen molar-refractivity contribution in [2.45, 2.75) is 25.3 Å². The predicted molar refractivity (Wildman–Crippen MR) is 102 cm³/mol. The minimum Gasteiger partial charge on any atom is -0.337 e. The first kappa shape index (κ1) is 17.0. The van der Waals surface area contributed by atoms with Crippen LogP contribution < -0.4 is 0 Å². The molecule has 1 amide bonds. The number of fused-ring (bicyclic) bond motifs is 1. The van der Waals surface area contributed by atoms with Crippen molar-refractivity contribution in [3.63, 3.8) is 0 Å². The number of imidazole rings is 1. The van der Waals surface area contributed by atoms with Crippen molar-refractivity contribution in [2.24, 2.45) is 0 Å². The zero-order valence-corrected chi connectivity index (χ0v) is 15.7. The average Bonchev–Trinajstić information content (AvgIpc) is 3.23. The first-order valence-corrected chi connectivity index (χ1v) is 10.1. The summed E-state index contributed by atoms with van der Waals surface area (Å²) in [6.45, 7) is 2.39. The molecule has 3 rings (SSSR count). The van der Waals surface area contributed by atoms with Gasteiger partial charge in [-0.3, -0.25) is 4.79 Å². The van der Waals surface area contributed by atoms with Crippen LogP contribution in [0.4, 0.5) is 0 Å². The van der Waals surface area contributed by atoms with Crippen molar-refractivity contribution in [3.05, 3.63) is 52.5 Å². The molecule has 0 aliphatic rings. The van der Waals surface area contributed by atoms with Crippen LogP contribution in [0.2, 0.25) is 0 Å². The number of carbonyl (C=O) groups excluding carboxylic acids is 1. The maximum absolute atomic E-state index is 12.8. The number of amides is 1. The molecule has 2 aromatic heterocycles. The summed E-state index contributed by atoms with van der Waals surface area (Å²) in [5, 5.41) is 2.05. The molecule has 3 aromatic rings. The van der Waals surface area contributed by atoms with Crippen molar-refractivity contribution >= 4 is 40.0 Å². The van der Waals surface area contributed by atoms with Gasteiger partial charge in [0.2, 0.25) is 5.91 Å². The second-order valence-electron chi connectivity index (χ2n) is 5.73. The van der Waals surface area contributed by atoms with E-state index in [0.717, 1.165) is 22.6 Å². The number of hydrogen-bond donors (Lipinski definition) is 0. The van der Waals surface area contributed by atoms with Crippen LogP contribution in [0.1, 0.15) is 23.7 Å². The Labute approximate surface area is 150 Å². The van der Waals surface area contributed by atoms with Crippen molar-refractivity contribution in [1.29, 1.82) is 0 Å². The number of thiophene rings is 1. The third-order valence-corrected chi connectivity index (χ3v) is 5.82. The fourth-order valence-electron chi connectivity index (χ4n) is 2.72. The number of thioether (sulfide) groups is 1. The molecule has 126 valence electrons. The van der Waals surface area contributed by atoms with Crippen LogP contribution >= 0.6 is 23.1 Å². The van der Waals surface area contributed by atoms with E-state index in [0.29, 0.717) is 6.54 Å². The molecule has 0 saturated heterocycles. The molecule has 1 aromatic carbocycles. The second kappa shape index (κ2) is 7.40. The quantitative estimate of drug-likeness (QED) is 0.663. The highest BCUT2D eigenvalue weighted by Crippen LogP contribution is 2.24. The largest absolute Gasteiger partial charge is 0.337 e. The predicted octanol–water partition coefficient (Wildman–Crippen LogP) is 4.18. The van der Waals surface area contributed by atoms with Gasteiger partial charge in [0.05, 0.1) is 22.8 Å². The molecule has 0 bridgehead atoms. The Bertz CT molecular complexity index is 826. The molecule has 0 saturated carbocycles. The lowest BCUT2D eigenvalue weighted by Crippen LogP contribution is -2.32. The third kappa shape index (κ3) is 3.35. The molecule has 0 unspecified atom stereocenters. The van der Waals surface area contributed by atoms with Gasteiger partial charge in [0.25, 0.3) is 0 Å². The van der Waals surface area contributed by atoms with Crippen LogP contribution in [0.5, 0.6) is 0 Å². The van der Waals surface area contributed by atoms with Gasteiger partial charge in [-0.15, -0.1) is 11.3 Å². The Morgan fingerprint density at radius 2 is 2.12 bits per heavy atom. The smallest absolute Gasteiger partial charge is 0.242 e. The number of rotatable bonds is 6. The molecule has 24 heavy (non-hydrogen) atoms. The molecule has 0 aliphatic carbocycles. The van der Waals surface area contributed by atoms with Gasteiger partial charge in [-0.1, -0.05) is 18.2 Å². The first-order chi connectivity index (χ1) is 11.6. The summed E-state index contributed by atoms with van der Waals surface area (Å²) in [5.41, 5.74) is 1.97. The Morgan fingerprint density at radius 3 is 2.83 bits per heavy atom. The Kier molecular flexibility index (Phi) is 5.26. The molecule has 0 aliphatic heterocycles. The lowest BCUT2D eigenvalue weighted by atomic mass is 10.2. The van der Waals surface area contributed by atoms with Crippen LogP contribution in [0.15, 0.2) is 41.8 Å². The molecule has 4 nitrogen and oxygen atoms in total. The van der Waals surface area contributed by atoms with Crippen LogP contribution in [-0.2, 0) is 17.1 Å². The number of carbonyl (C=O) groups is 1. The summed E-state index contributed by atoms with van der Waals surface area (Å²) in [5.74, 6) is 1.85. The summed E-state index contributed by atoms with van der Waals surface area (Å²) < 4.78 is 2.05. The molecule has 0 N–H and O–H groups in total. The van der Waals surface area contributed by atoms with E-state index < -0.39 is 0 Å². The number of para-hydroxylation sites is 2. The number of likely N-dealkylation sites (N-methyl/N-ethyl adjacent to an activating group) is 1. The van der Waals surface area contributed by atoms with Gasteiger partial charge in [0, 0.05) is 11.9 Å². The van der Waals surface area contributed by atoms with E-state index in [4.69, 9.17) is 0 Å². The zero-order chi connectivity index (χ0) is 17.1. The van der Waals surface area contributed by atoms with E-state index in [9.17, 15) is 4.79 Å². The lowest BCUT2D eigenvalue weighted by molar-refractivity contribution is -0.132. The minimum absolute atomic E-state index is 0.0799. The van der Waals surface area contributed by atoms with Crippen molar-refractivity contribution in [2.75, 3.05) is 13.3 Å². The molecule has 0 spiro atoms. The minimum atomic E-state index is 0.0799. The highest BCUT2D eigenvalue weighted by molar-refractivity contribution is 7.97. The van der Waals surface area contributed by atoms with Crippen LogP contribution in [0, 0.1) is 0 Å². The number of benzene rings is 1. The summed E-state index contributed by atoms with van der Waals surface area (Å²) in [4.78, 5) is 20.5. The van der Waals surface area contributed by atoms with Gasteiger partial charge in [-0.25, -0.2) is 4.98 Å². The van der Waals surface area contributed by atoms with Gasteiger partial charge in [-0.2, -0.15) is 11.8 Å². The Hall–Kier alpha value is -1.79. The number of aromatic nitrogens is 2. The highest BCUT2D eigenvalue weighted by Gasteiger charge is 2.20. The van der Waals surface area contributed by atoms with Gasteiger partial charge >= 0.3 is 0 Å². The Morgan fingerprint density at radius 1 is 1.33 bits per heavy atom. The lowest BCUT2D eigenvalue weighted by Gasteiger charge is -2.24. The Balaban J connectivity index is 1.85. The topological polar surface area (TPSA) is 38.1 Å². The molecule has 1 atom stereocenters. The monoisotopic (exact) mass is 359 g/mol. The van der Waals surface area contributed by atoms with Crippen LogP contribution in [0.3, 0.4) is 0 Å². The van der Waals surface area contributed by atoms with E-state index in [1.165, 1.54) is 4.88 Å². The van der Waals surface area contributed by atoms with Crippen molar-refractivity contribution in [3.8, 4) is 0 Å². The fraction of sp³-hybridized carbons (Fsp3) is 0.333. The summed E-state index contributed by atoms with van der Waals surface area (Å²) in [6.07, 6.45) is 2.05. The molecule has 2 heterocycles. The van der Waals surface area contributed by atoms with E-state index >= 15 is 0 Å². The number of nitrogens with zero attached hydrogens (tertiary/aromatic N) is 3.